The first-order valence-electron chi connectivity index (χ1n) is 8.60. The summed E-state index contributed by atoms with van der Waals surface area (Å²) in [6.07, 6.45) is 3.73. The van der Waals surface area contributed by atoms with Gasteiger partial charge in [0.15, 0.2) is 0 Å². The van der Waals surface area contributed by atoms with Gasteiger partial charge in [-0.1, -0.05) is 18.6 Å². The quantitative estimate of drug-likeness (QED) is 0.674. The Bertz CT molecular complexity index is 790. The maximum absolute atomic E-state index is 13.0. The number of nitrogens with zero attached hydrogens (tertiary/aromatic N) is 4. The lowest BCUT2D eigenvalue weighted by Crippen LogP contribution is -2.35. The number of para-hydroxylation sites is 1. The van der Waals surface area contributed by atoms with Crippen LogP contribution in [0.25, 0.3) is 10.9 Å². The van der Waals surface area contributed by atoms with Crippen LogP contribution in [0.15, 0.2) is 34.2 Å². The van der Waals surface area contributed by atoms with Gasteiger partial charge >= 0.3 is 0 Å². The van der Waals surface area contributed by atoms with Crippen LogP contribution in [-0.4, -0.2) is 40.3 Å². The van der Waals surface area contributed by atoms with Crippen LogP contribution in [0, 0.1) is 0 Å². The van der Waals surface area contributed by atoms with E-state index in [1.807, 2.05) is 31.2 Å². The smallest absolute Gasteiger partial charge is 0.261 e. The van der Waals surface area contributed by atoms with Crippen LogP contribution >= 0.6 is 0 Å². The van der Waals surface area contributed by atoms with E-state index in [-0.39, 0.29) is 5.56 Å². The third kappa shape index (κ3) is 3.64. The van der Waals surface area contributed by atoms with E-state index in [1.165, 1.54) is 19.3 Å². The maximum atomic E-state index is 13.0. The molecule has 2 aromatic rings. The number of benzene rings is 1. The molecular formula is C18H25N5O. The van der Waals surface area contributed by atoms with Gasteiger partial charge in [0.25, 0.3) is 5.56 Å². The number of piperidine rings is 1. The van der Waals surface area contributed by atoms with Crippen molar-refractivity contribution in [2.45, 2.75) is 39.3 Å². The third-order valence-corrected chi connectivity index (χ3v) is 4.44. The summed E-state index contributed by atoms with van der Waals surface area (Å²) in [6, 6.07) is 7.57. The Labute approximate surface area is 142 Å². The van der Waals surface area contributed by atoms with Crippen LogP contribution in [0.3, 0.4) is 0 Å². The van der Waals surface area contributed by atoms with E-state index in [0.717, 1.165) is 30.1 Å². The zero-order valence-electron chi connectivity index (χ0n) is 14.5. The SMILES string of the molecule is CN/N=C(/C)Cn1c(CN2CCCCC2)nc2ccccc2c1=O. The summed E-state index contributed by atoms with van der Waals surface area (Å²) < 4.78 is 1.77. The lowest BCUT2D eigenvalue weighted by molar-refractivity contribution is 0.213. The second kappa shape index (κ2) is 7.57. The molecule has 0 unspecified atom stereocenters. The Morgan fingerprint density at radius 2 is 2.00 bits per heavy atom. The molecule has 0 bridgehead atoms. The van der Waals surface area contributed by atoms with Gasteiger partial charge in [0.05, 0.1) is 29.7 Å². The molecule has 6 heteroatoms. The molecular weight excluding hydrogens is 302 g/mol. The molecule has 0 radical (unpaired) electrons. The highest BCUT2D eigenvalue weighted by Gasteiger charge is 2.16. The van der Waals surface area contributed by atoms with E-state index in [9.17, 15) is 4.79 Å². The number of nitrogens with one attached hydrogen (secondary N) is 1. The minimum Gasteiger partial charge on any atom is -0.313 e. The topological polar surface area (TPSA) is 62.5 Å². The summed E-state index contributed by atoms with van der Waals surface area (Å²) in [5.74, 6) is 0.825. The number of fused-ring (bicyclic) bond motifs is 1. The molecule has 6 nitrogen and oxygen atoms in total. The molecule has 0 amide bonds. The average Bonchev–Trinajstić information content (AvgIpc) is 2.59. The van der Waals surface area contributed by atoms with Crippen LogP contribution in [0.1, 0.15) is 32.0 Å². The lowest BCUT2D eigenvalue weighted by atomic mass is 10.1. The second-order valence-electron chi connectivity index (χ2n) is 6.34. The lowest BCUT2D eigenvalue weighted by Gasteiger charge is -2.27. The fourth-order valence-corrected chi connectivity index (χ4v) is 3.27. The molecule has 0 spiro atoms. The standard InChI is InChI=1S/C18H25N5O/c1-14(21-19-2)12-23-17(13-22-10-6-3-7-11-22)20-16-9-5-4-8-15(16)18(23)24/h4-5,8-9,19H,3,6-7,10-13H2,1-2H3/b21-14-. The van der Waals surface area contributed by atoms with Gasteiger partial charge in [0.2, 0.25) is 0 Å². The molecule has 2 heterocycles. The first-order valence-corrected chi connectivity index (χ1v) is 8.60. The molecule has 24 heavy (non-hydrogen) atoms. The van der Waals surface area contributed by atoms with Gasteiger partial charge < -0.3 is 5.43 Å². The highest BCUT2D eigenvalue weighted by Crippen LogP contribution is 2.14. The zero-order valence-corrected chi connectivity index (χ0v) is 14.5. The molecule has 1 saturated heterocycles. The fourth-order valence-electron chi connectivity index (χ4n) is 3.27. The largest absolute Gasteiger partial charge is 0.313 e. The highest BCUT2D eigenvalue weighted by molar-refractivity contribution is 5.82. The minimum atomic E-state index is 0.0123. The van der Waals surface area contributed by atoms with Crippen molar-refractivity contribution in [3.05, 3.63) is 40.4 Å². The second-order valence-corrected chi connectivity index (χ2v) is 6.34. The number of rotatable bonds is 5. The molecule has 1 N–H and O–H groups in total. The van der Waals surface area contributed by atoms with Crippen molar-refractivity contribution >= 4 is 16.6 Å². The van der Waals surface area contributed by atoms with Crippen LogP contribution < -0.4 is 11.0 Å². The molecule has 1 aromatic heterocycles. The number of hydrogen-bond acceptors (Lipinski definition) is 5. The van der Waals surface area contributed by atoms with E-state index < -0.39 is 0 Å². The van der Waals surface area contributed by atoms with Crippen LogP contribution in [-0.2, 0) is 13.1 Å². The van der Waals surface area contributed by atoms with Gasteiger partial charge in [-0.3, -0.25) is 14.3 Å². The minimum absolute atomic E-state index is 0.0123. The molecule has 128 valence electrons. The van der Waals surface area contributed by atoms with E-state index >= 15 is 0 Å². The summed E-state index contributed by atoms with van der Waals surface area (Å²) >= 11 is 0. The maximum Gasteiger partial charge on any atom is 0.261 e. The van der Waals surface area contributed by atoms with Gasteiger partial charge in [-0.2, -0.15) is 5.10 Å². The van der Waals surface area contributed by atoms with Crippen molar-refractivity contribution in [3.63, 3.8) is 0 Å². The molecule has 1 aromatic carbocycles. The van der Waals surface area contributed by atoms with Crippen LogP contribution in [0.5, 0.6) is 0 Å². The highest BCUT2D eigenvalue weighted by atomic mass is 16.1. The Hall–Kier alpha value is -2.21. The van der Waals surface area contributed by atoms with Crippen molar-refractivity contribution < 1.29 is 0 Å². The summed E-state index contributed by atoms with van der Waals surface area (Å²) in [7, 11) is 1.76. The van der Waals surface area contributed by atoms with Gasteiger partial charge in [-0.25, -0.2) is 4.98 Å². The number of hydrazone groups is 1. The number of hydrogen-bond donors (Lipinski definition) is 1. The number of likely N-dealkylation sites (tertiary alicyclic amines) is 1. The molecule has 0 aliphatic carbocycles. The Morgan fingerprint density at radius 1 is 1.25 bits per heavy atom. The summed E-state index contributed by atoms with van der Waals surface area (Å²) in [4.78, 5) is 20.1. The third-order valence-electron chi connectivity index (χ3n) is 4.44. The van der Waals surface area contributed by atoms with Crippen molar-refractivity contribution in [2.75, 3.05) is 20.1 Å². The monoisotopic (exact) mass is 327 g/mol. The molecule has 1 aliphatic heterocycles. The van der Waals surface area contributed by atoms with Gasteiger partial charge in [-0.05, 0) is 45.0 Å². The first-order chi connectivity index (χ1) is 11.7. The summed E-state index contributed by atoms with van der Waals surface area (Å²) in [5.41, 5.74) is 4.43. The summed E-state index contributed by atoms with van der Waals surface area (Å²) in [6.45, 7) is 5.25. The van der Waals surface area contributed by atoms with E-state index in [2.05, 4.69) is 15.4 Å². The summed E-state index contributed by atoms with van der Waals surface area (Å²) in [5, 5.41) is 4.86. The molecule has 1 fully saturated rings. The first kappa shape index (κ1) is 16.6. The van der Waals surface area contributed by atoms with Crippen molar-refractivity contribution in [1.29, 1.82) is 0 Å². The molecule has 1 aliphatic rings. The van der Waals surface area contributed by atoms with E-state index in [4.69, 9.17) is 4.98 Å². The Morgan fingerprint density at radius 3 is 2.75 bits per heavy atom. The number of aromatic nitrogens is 2. The normalized spacial score (nSPS) is 16.5. The Kier molecular flexibility index (Phi) is 5.25. The van der Waals surface area contributed by atoms with Crippen LogP contribution in [0.4, 0.5) is 0 Å². The van der Waals surface area contributed by atoms with Gasteiger partial charge in [0, 0.05) is 7.05 Å². The predicted molar refractivity (Wildman–Crippen MR) is 97.3 cm³/mol. The van der Waals surface area contributed by atoms with Crippen LogP contribution in [0.2, 0.25) is 0 Å². The Balaban J connectivity index is 2.03. The average molecular weight is 327 g/mol. The van der Waals surface area contributed by atoms with Crippen molar-refractivity contribution in [3.8, 4) is 0 Å². The molecule has 0 saturated carbocycles. The van der Waals surface area contributed by atoms with Crippen molar-refractivity contribution in [1.82, 2.24) is 19.9 Å². The van der Waals surface area contributed by atoms with Gasteiger partial charge in [-0.15, -0.1) is 0 Å². The predicted octanol–water partition coefficient (Wildman–Crippen LogP) is 1.98. The van der Waals surface area contributed by atoms with Crippen molar-refractivity contribution in [2.24, 2.45) is 5.10 Å². The van der Waals surface area contributed by atoms with E-state index in [0.29, 0.717) is 18.5 Å². The zero-order chi connectivity index (χ0) is 16.9. The van der Waals surface area contributed by atoms with E-state index in [1.54, 1.807) is 11.6 Å². The molecule has 3 rings (SSSR count). The fraction of sp³-hybridized carbons (Fsp3) is 0.500. The molecule has 0 atom stereocenters. The van der Waals surface area contributed by atoms with Gasteiger partial charge in [0.1, 0.15) is 5.82 Å².